The van der Waals surface area contributed by atoms with Gasteiger partial charge in [-0.2, -0.15) is 5.26 Å². The summed E-state index contributed by atoms with van der Waals surface area (Å²) in [7, 11) is 0. The summed E-state index contributed by atoms with van der Waals surface area (Å²) in [5.41, 5.74) is 4.43. The molecule has 0 aromatic heterocycles. The molecular formula is C22H21NO3. The van der Waals surface area contributed by atoms with Crippen molar-refractivity contribution in [1.29, 1.82) is 5.26 Å². The van der Waals surface area contributed by atoms with Gasteiger partial charge in [0.05, 0.1) is 18.1 Å². The molecule has 0 fully saturated rings. The Balaban J connectivity index is 1.51. The summed E-state index contributed by atoms with van der Waals surface area (Å²) in [6, 6.07) is 14.9. The molecule has 1 aliphatic rings. The van der Waals surface area contributed by atoms with E-state index in [-0.39, 0.29) is 25.2 Å². The maximum atomic E-state index is 12.4. The molecule has 2 aromatic rings. The minimum Gasteiger partial charge on any atom is -0.461 e. The zero-order chi connectivity index (χ0) is 18.4. The number of hydrogen-bond donors (Lipinski definition) is 0. The van der Waals surface area contributed by atoms with Crippen molar-refractivity contribution in [2.24, 2.45) is 0 Å². The van der Waals surface area contributed by atoms with E-state index >= 15 is 0 Å². The van der Waals surface area contributed by atoms with Crippen LogP contribution in [0.1, 0.15) is 58.3 Å². The molecule has 132 valence electrons. The van der Waals surface area contributed by atoms with Crippen molar-refractivity contribution in [2.75, 3.05) is 0 Å². The van der Waals surface area contributed by atoms with Crippen LogP contribution in [-0.4, -0.2) is 11.8 Å². The third kappa shape index (κ3) is 4.37. The Hall–Kier alpha value is -2.93. The Morgan fingerprint density at radius 2 is 1.77 bits per heavy atom. The Morgan fingerprint density at radius 1 is 1.00 bits per heavy atom. The van der Waals surface area contributed by atoms with Crippen molar-refractivity contribution >= 4 is 11.8 Å². The van der Waals surface area contributed by atoms with Crippen molar-refractivity contribution in [3.05, 3.63) is 70.3 Å². The predicted octanol–water partition coefficient (Wildman–Crippen LogP) is 4.14. The zero-order valence-corrected chi connectivity index (χ0v) is 14.7. The molecule has 0 N–H and O–H groups in total. The van der Waals surface area contributed by atoms with Gasteiger partial charge in [0.1, 0.15) is 6.61 Å². The summed E-state index contributed by atoms with van der Waals surface area (Å²) < 4.78 is 5.21. The Kier molecular flexibility index (Phi) is 5.80. The summed E-state index contributed by atoms with van der Waals surface area (Å²) in [6.07, 6.45) is 4.67. The highest BCUT2D eigenvalue weighted by Crippen LogP contribution is 2.23. The van der Waals surface area contributed by atoms with E-state index in [0.717, 1.165) is 12.8 Å². The topological polar surface area (TPSA) is 67.2 Å². The third-order valence-electron chi connectivity index (χ3n) is 4.75. The normalized spacial score (nSPS) is 12.7. The second kappa shape index (κ2) is 8.44. The van der Waals surface area contributed by atoms with E-state index in [1.165, 1.54) is 24.0 Å². The van der Waals surface area contributed by atoms with Crippen LogP contribution in [0.5, 0.6) is 0 Å². The predicted molar refractivity (Wildman–Crippen MR) is 97.6 cm³/mol. The zero-order valence-electron chi connectivity index (χ0n) is 14.7. The van der Waals surface area contributed by atoms with Crippen LogP contribution in [0.2, 0.25) is 0 Å². The van der Waals surface area contributed by atoms with Crippen LogP contribution >= 0.6 is 0 Å². The van der Waals surface area contributed by atoms with Crippen molar-refractivity contribution in [1.82, 2.24) is 0 Å². The SMILES string of the molecule is N#Cc1ccccc1COC(=O)CCC(=O)c1ccc2c(c1)CCCC2. The highest BCUT2D eigenvalue weighted by atomic mass is 16.5. The van der Waals surface area contributed by atoms with Crippen LogP contribution in [0.25, 0.3) is 0 Å². The van der Waals surface area contributed by atoms with Gasteiger partial charge < -0.3 is 4.74 Å². The van der Waals surface area contributed by atoms with Crippen LogP contribution in [0.3, 0.4) is 0 Å². The highest BCUT2D eigenvalue weighted by Gasteiger charge is 2.15. The Bertz CT molecular complexity index is 864. The molecule has 0 radical (unpaired) electrons. The maximum absolute atomic E-state index is 12.4. The lowest BCUT2D eigenvalue weighted by molar-refractivity contribution is -0.144. The maximum Gasteiger partial charge on any atom is 0.306 e. The number of ketones is 1. The second-order valence-corrected chi connectivity index (χ2v) is 6.54. The summed E-state index contributed by atoms with van der Waals surface area (Å²) in [6.45, 7) is 0.0512. The monoisotopic (exact) mass is 347 g/mol. The first-order chi connectivity index (χ1) is 12.7. The fraction of sp³-hybridized carbons (Fsp3) is 0.318. The first kappa shape index (κ1) is 17.9. The number of carbonyl (C=O) groups excluding carboxylic acids is 2. The standard InChI is InChI=1S/C22H21NO3/c23-14-19-7-3-4-8-20(19)15-26-22(25)12-11-21(24)18-10-9-16-5-1-2-6-17(16)13-18/h3-4,7-10,13H,1-2,5-6,11-12,15H2. The minimum atomic E-state index is -0.427. The molecule has 4 nitrogen and oxygen atoms in total. The molecule has 0 saturated carbocycles. The number of carbonyl (C=O) groups is 2. The first-order valence-electron chi connectivity index (χ1n) is 8.96. The van der Waals surface area contributed by atoms with E-state index in [9.17, 15) is 9.59 Å². The van der Waals surface area contributed by atoms with Crippen LogP contribution < -0.4 is 0 Å². The average Bonchev–Trinajstić information content (AvgIpc) is 2.70. The molecular weight excluding hydrogens is 326 g/mol. The van der Waals surface area contributed by atoms with Gasteiger partial charge in [0.2, 0.25) is 0 Å². The molecule has 0 atom stereocenters. The molecule has 0 saturated heterocycles. The van der Waals surface area contributed by atoms with Gasteiger partial charge in [-0.3, -0.25) is 9.59 Å². The summed E-state index contributed by atoms with van der Waals surface area (Å²) in [5, 5.41) is 9.03. The van der Waals surface area contributed by atoms with Gasteiger partial charge in [-0.15, -0.1) is 0 Å². The van der Waals surface area contributed by atoms with Crippen LogP contribution in [0.4, 0.5) is 0 Å². The number of aryl methyl sites for hydroxylation is 2. The molecule has 4 heteroatoms. The van der Waals surface area contributed by atoms with E-state index in [1.54, 1.807) is 24.3 Å². The Labute approximate surface area is 153 Å². The summed E-state index contributed by atoms with van der Waals surface area (Å²) >= 11 is 0. The van der Waals surface area contributed by atoms with Crippen LogP contribution in [-0.2, 0) is 29.0 Å². The lowest BCUT2D eigenvalue weighted by Gasteiger charge is -2.16. The number of nitriles is 1. The van der Waals surface area contributed by atoms with Crippen LogP contribution in [0, 0.1) is 11.3 Å². The van der Waals surface area contributed by atoms with Crippen molar-refractivity contribution in [3.8, 4) is 6.07 Å². The van der Waals surface area contributed by atoms with Gasteiger partial charge in [-0.1, -0.05) is 30.3 Å². The Morgan fingerprint density at radius 3 is 2.58 bits per heavy atom. The fourth-order valence-electron chi connectivity index (χ4n) is 3.25. The minimum absolute atomic E-state index is 0.0345. The van der Waals surface area contributed by atoms with Gasteiger partial charge in [0.25, 0.3) is 0 Å². The molecule has 1 aliphatic carbocycles. The molecule has 0 heterocycles. The molecule has 3 rings (SSSR count). The summed E-state index contributed by atoms with van der Waals surface area (Å²) in [5.74, 6) is -0.461. The van der Waals surface area contributed by atoms with Crippen molar-refractivity contribution in [2.45, 2.75) is 45.1 Å². The molecule has 0 aliphatic heterocycles. The molecule has 0 unspecified atom stereocenters. The van der Waals surface area contributed by atoms with E-state index in [1.807, 2.05) is 18.2 Å². The van der Waals surface area contributed by atoms with E-state index in [2.05, 4.69) is 6.07 Å². The lowest BCUT2D eigenvalue weighted by atomic mass is 9.89. The van der Waals surface area contributed by atoms with E-state index in [4.69, 9.17) is 10.00 Å². The number of hydrogen-bond acceptors (Lipinski definition) is 4. The van der Waals surface area contributed by atoms with Gasteiger partial charge in [0, 0.05) is 17.5 Å². The molecule has 0 spiro atoms. The highest BCUT2D eigenvalue weighted by molar-refractivity contribution is 5.97. The number of rotatable bonds is 6. The second-order valence-electron chi connectivity index (χ2n) is 6.54. The molecule has 0 bridgehead atoms. The first-order valence-corrected chi connectivity index (χ1v) is 8.96. The van der Waals surface area contributed by atoms with E-state index in [0.29, 0.717) is 16.7 Å². The van der Waals surface area contributed by atoms with Crippen molar-refractivity contribution < 1.29 is 14.3 Å². The average molecular weight is 347 g/mol. The van der Waals surface area contributed by atoms with Crippen molar-refractivity contribution in [3.63, 3.8) is 0 Å². The summed E-state index contributed by atoms with van der Waals surface area (Å²) in [4.78, 5) is 24.3. The van der Waals surface area contributed by atoms with E-state index < -0.39 is 5.97 Å². The lowest BCUT2D eigenvalue weighted by Crippen LogP contribution is -2.10. The van der Waals surface area contributed by atoms with Gasteiger partial charge in [0.15, 0.2) is 5.78 Å². The molecule has 2 aromatic carbocycles. The molecule has 0 amide bonds. The van der Waals surface area contributed by atoms with Gasteiger partial charge in [-0.25, -0.2) is 0 Å². The number of Topliss-reactive ketones (excluding diaryl/α,β-unsaturated/α-hetero) is 1. The smallest absolute Gasteiger partial charge is 0.306 e. The number of nitrogens with zero attached hydrogens (tertiary/aromatic N) is 1. The number of ether oxygens (including phenoxy) is 1. The third-order valence-corrected chi connectivity index (χ3v) is 4.75. The molecule has 26 heavy (non-hydrogen) atoms. The number of esters is 1. The fourth-order valence-corrected chi connectivity index (χ4v) is 3.25. The quantitative estimate of drug-likeness (QED) is 0.582. The van der Waals surface area contributed by atoms with Gasteiger partial charge in [-0.05, 0) is 48.9 Å². The number of benzene rings is 2. The number of fused-ring (bicyclic) bond motifs is 1. The largest absolute Gasteiger partial charge is 0.461 e. The van der Waals surface area contributed by atoms with Crippen LogP contribution in [0.15, 0.2) is 42.5 Å². The van der Waals surface area contributed by atoms with Gasteiger partial charge >= 0.3 is 5.97 Å².